The highest BCUT2D eigenvalue weighted by Crippen LogP contribution is 2.25. The van der Waals surface area contributed by atoms with Crippen LogP contribution in [0.2, 0.25) is 0 Å². The number of anilines is 1. The molecule has 0 bridgehead atoms. The lowest BCUT2D eigenvalue weighted by molar-refractivity contribution is 0.576. The molecule has 17 heavy (non-hydrogen) atoms. The topological polar surface area (TPSA) is 50.8 Å². The summed E-state index contributed by atoms with van der Waals surface area (Å²) in [6.07, 6.45) is 0. The third kappa shape index (κ3) is 3.15. The van der Waals surface area contributed by atoms with Crippen LogP contribution in [-0.4, -0.2) is 13.1 Å². The number of halogens is 3. The fraction of sp³-hybridized carbons (Fsp3) is 0.273. The first kappa shape index (κ1) is 13.4. The predicted octanol–water partition coefficient (Wildman–Crippen LogP) is 2.71. The molecule has 0 N–H and O–H groups in total. The van der Waals surface area contributed by atoms with Gasteiger partial charge < -0.3 is 4.90 Å². The summed E-state index contributed by atoms with van der Waals surface area (Å²) < 4.78 is 27.3. The van der Waals surface area contributed by atoms with Crippen LogP contribution in [0.3, 0.4) is 0 Å². The van der Waals surface area contributed by atoms with Gasteiger partial charge in [-0.2, -0.15) is 10.5 Å². The molecule has 0 spiro atoms. The monoisotopic (exact) mass is 299 g/mol. The lowest BCUT2D eigenvalue weighted by Gasteiger charge is -2.19. The second kappa shape index (κ2) is 6.17. The van der Waals surface area contributed by atoms with Gasteiger partial charge >= 0.3 is 0 Å². The van der Waals surface area contributed by atoms with E-state index in [4.69, 9.17) is 10.5 Å². The first-order valence-electron chi connectivity index (χ1n) is 4.66. The van der Waals surface area contributed by atoms with Gasteiger partial charge in [0.05, 0.1) is 12.1 Å². The highest BCUT2D eigenvalue weighted by atomic mass is 79.9. The van der Waals surface area contributed by atoms with Crippen LogP contribution >= 0.6 is 15.9 Å². The Labute approximate surface area is 106 Å². The summed E-state index contributed by atoms with van der Waals surface area (Å²) in [5.74, 6) is -1.55. The summed E-state index contributed by atoms with van der Waals surface area (Å²) in [5, 5.41) is 17.4. The molecule has 0 saturated heterocycles. The molecule has 0 aliphatic rings. The van der Waals surface area contributed by atoms with Gasteiger partial charge in [0.25, 0.3) is 0 Å². The van der Waals surface area contributed by atoms with Gasteiger partial charge in [0.2, 0.25) is 0 Å². The SMILES string of the molecule is N#CCN(CC#N)c1c(F)cc(CBr)cc1F. The fourth-order valence-corrected chi connectivity index (χ4v) is 1.71. The second-order valence-corrected chi connectivity index (χ2v) is 3.77. The quantitative estimate of drug-likeness (QED) is 0.634. The molecular formula is C11H8BrF2N3. The van der Waals surface area contributed by atoms with Crippen LogP contribution in [0, 0.1) is 34.3 Å². The summed E-state index contributed by atoms with van der Waals surface area (Å²) >= 11 is 3.10. The Bertz CT molecular complexity index is 451. The maximum atomic E-state index is 13.7. The number of alkyl halides is 1. The molecule has 1 rings (SSSR count). The minimum atomic E-state index is -0.773. The van der Waals surface area contributed by atoms with Crippen molar-refractivity contribution in [3.63, 3.8) is 0 Å². The molecule has 6 heteroatoms. The molecule has 88 valence electrons. The van der Waals surface area contributed by atoms with Crippen molar-refractivity contribution in [3.05, 3.63) is 29.3 Å². The molecule has 0 heterocycles. The molecule has 1 aromatic rings. The number of hydrogen-bond donors (Lipinski definition) is 0. The first-order chi connectivity index (χ1) is 8.13. The van der Waals surface area contributed by atoms with E-state index < -0.39 is 11.6 Å². The summed E-state index contributed by atoms with van der Waals surface area (Å²) in [5.41, 5.74) is 0.121. The molecule has 0 atom stereocenters. The lowest BCUT2D eigenvalue weighted by atomic mass is 10.2. The van der Waals surface area contributed by atoms with Crippen LogP contribution < -0.4 is 4.90 Å². The third-order valence-electron chi connectivity index (χ3n) is 2.07. The molecule has 0 fully saturated rings. The number of benzene rings is 1. The standard InChI is InChI=1S/C11H8BrF2N3/c12-7-8-5-9(13)11(10(14)6-8)17(3-1-15)4-2-16/h5-6H,3-4,7H2. The molecule has 0 radical (unpaired) electrons. The van der Waals surface area contributed by atoms with E-state index in [9.17, 15) is 8.78 Å². The Morgan fingerprint density at radius 3 is 1.94 bits per heavy atom. The number of hydrogen-bond acceptors (Lipinski definition) is 3. The van der Waals surface area contributed by atoms with Gasteiger partial charge in [-0.15, -0.1) is 0 Å². The fourth-order valence-electron chi connectivity index (χ4n) is 1.38. The smallest absolute Gasteiger partial charge is 0.149 e. The van der Waals surface area contributed by atoms with Crippen molar-refractivity contribution < 1.29 is 8.78 Å². The van der Waals surface area contributed by atoms with Gasteiger partial charge in [0.15, 0.2) is 0 Å². The largest absolute Gasteiger partial charge is 0.340 e. The van der Waals surface area contributed by atoms with Crippen LogP contribution in [0.5, 0.6) is 0 Å². The van der Waals surface area contributed by atoms with Crippen molar-refractivity contribution in [2.75, 3.05) is 18.0 Å². The second-order valence-electron chi connectivity index (χ2n) is 3.21. The third-order valence-corrected chi connectivity index (χ3v) is 2.72. The lowest BCUT2D eigenvalue weighted by Crippen LogP contribution is -2.26. The molecule has 0 unspecified atom stereocenters. The summed E-state index contributed by atoms with van der Waals surface area (Å²) in [6.45, 7) is -0.482. The maximum Gasteiger partial charge on any atom is 0.149 e. The molecule has 0 amide bonds. The van der Waals surface area contributed by atoms with Crippen LogP contribution in [0.4, 0.5) is 14.5 Å². The number of rotatable bonds is 4. The molecule has 0 aliphatic heterocycles. The number of nitrogens with zero attached hydrogens (tertiary/aromatic N) is 3. The van der Waals surface area contributed by atoms with Crippen molar-refractivity contribution in [1.82, 2.24) is 0 Å². The highest BCUT2D eigenvalue weighted by molar-refractivity contribution is 9.08. The van der Waals surface area contributed by atoms with E-state index in [0.717, 1.165) is 4.90 Å². The van der Waals surface area contributed by atoms with Crippen LogP contribution in [-0.2, 0) is 5.33 Å². The Morgan fingerprint density at radius 2 is 1.59 bits per heavy atom. The van der Waals surface area contributed by atoms with E-state index >= 15 is 0 Å². The summed E-state index contributed by atoms with van der Waals surface area (Å²) in [6, 6.07) is 5.88. The molecule has 3 nitrogen and oxygen atoms in total. The van der Waals surface area contributed by atoms with Gasteiger partial charge in [0, 0.05) is 5.33 Å². The Morgan fingerprint density at radius 1 is 1.12 bits per heavy atom. The predicted molar refractivity (Wildman–Crippen MR) is 62.4 cm³/mol. The minimum Gasteiger partial charge on any atom is -0.340 e. The van der Waals surface area contributed by atoms with Crippen molar-refractivity contribution in [2.24, 2.45) is 0 Å². The van der Waals surface area contributed by atoms with Gasteiger partial charge in [-0.25, -0.2) is 8.78 Å². The normalized spacial score (nSPS) is 9.47. The maximum absolute atomic E-state index is 13.7. The average Bonchev–Trinajstić information content (AvgIpc) is 2.28. The summed E-state index contributed by atoms with van der Waals surface area (Å²) in [7, 11) is 0. The van der Waals surface area contributed by atoms with Crippen molar-refractivity contribution in [1.29, 1.82) is 10.5 Å². The zero-order chi connectivity index (χ0) is 12.8. The average molecular weight is 300 g/mol. The van der Waals surface area contributed by atoms with Crippen molar-refractivity contribution in [3.8, 4) is 12.1 Å². The van der Waals surface area contributed by atoms with E-state index in [-0.39, 0.29) is 18.8 Å². The molecule has 0 aliphatic carbocycles. The Kier molecular flexibility index (Phi) is 4.86. The van der Waals surface area contributed by atoms with Crippen LogP contribution in [0.1, 0.15) is 5.56 Å². The molecular weight excluding hydrogens is 292 g/mol. The molecule has 0 saturated carbocycles. The summed E-state index contributed by atoms with van der Waals surface area (Å²) in [4.78, 5) is 1.06. The highest BCUT2D eigenvalue weighted by Gasteiger charge is 2.17. The molecule has 0 aromatic heterocycles. The minimum absolute atomic E-state index is 0.241. The van der Waals surface area contributed by atoms with E-state index in [1.807, 2.05) is 0 Å². The van der Waals surface area contributed by atoms with Crippen LogP contribution in [0.15, 0.2) is 12.1 Å². The zero-order valence-electron chi connectivity index (χ0n) is 8.75. The van der Waals surface area contributed by atoms with Gasteiger partial charge in [-0.05, 0) is 17.7 Å². The van der Waals surface area contributed by atoms with Crippen LogP contribution in [0.25, 0.3) is 0 Å². The van der Waals surface area contributed by atoms with E-state index in [1.165, 1.54) is 12.1 Å². The Balaban J connectivity index is 3.20. The van der Waals surface area contributed by atoms with Gasteiger partial charge in [0.1, 0.15) is 30.4 Å². The van der Waals surface area contributed by atoms with Crippen molar-refractivity contribution in [2.45, 2.75) is 5.33 Å². The van der Waals surface area contributed by atoms with Crippen molar-refractivity contribution >= 4 is 21.6 Å². The van der Waals surface area contributed by atoms with E-state index in [1.54, 1.807) is 12.1 Å². The Hall–Kier alpha value is -1.66. The first-order valence-corrected chi connectivity index (χ1v) is 5.79. The van der Waals surface area contributed by atoms with Gasteiger partial charge in [-0.3, -0.25) is 0 Å². The van der Waals surface area contributed by atoms with Gasteiger partial charge in [-0.1, -0.05) is 15.9 Å². The zero-order valence-corrected chi connectivity index (χ0v) is 10.3. The van der Waals surface area contributed by atoms with E-state index in [2.05, 4.69) is 15.9 Å². The number of nitriles is 2. The molecule has 1 aromatic carbocycles. The van der Waals surface area contributed by atoms with E-state index in [0.29, 0.717) is 10.9 Å².